The summed E-state index contributed by atoms with van der Waals surface area (Å²) in [6.07, 6.45) is 0. The number of nitrogens with zero attached hydrogens (tertiary/aromatic N) is 2. The maximum atomic E-state index is 11.9. The standard InChI is InChI=1S/C16H19Cl5N2O2/c1-3-22(15(24)13(18)19)8-10-5-6-11(12(17)7-10)9-23(4-2)16(25)14(20)21/h5-7,13-14H,3-4,8-9H2,1-2H3. The molecule has 0 aliphatic rings. The zero-order valence-electron chi connectivity index (χ0n) is 13.8. The van der Waals surface area contributed by atoms with Crippen molar-refractivity contribution in [3.05, 3.63) is 34.3 Å². The normalized spacial score (nSPS) is 11.1. The summed E-state index contributed by atoms with van der Waals surface area (Å²) < 4.78 is 0. The van der Waals surface area contributed by atoms with E-state index in [1.807, 2.05) is 26.0 Å². The van der Waals surface area contributed by atoms with Crippen LogP contribution in [0, 0.1) is 0 Å². The van der Waals surface area contributed by atoms with Crippen LogP contribution in [0.25, 0.3) is 0 Å². The zero-order chi connectivity index (χ0) is 19.1. The molecule has 4 nitrogen and oxygen atoms in total. The predicted octanol–water partition coefficient (Wildman–Crippen LogP) is 4.64. The zero-order valence-corrected chi connectivity index (χ0v) is 17.6. The topological polar surface area (TPSA) is 40.6 Å². The van der Waals surface area contributed by atoms with Gasteiger partial charge in [-0.25, -0.2) is 0 Å². The van der Waals surface area contributed by atoms with Crippen LogP contribution in [0.4, 0.5) is 0 Å². The Hall–Kier alpha value is -0.390. The van der Waals surface area contributed by atoms with Crippen LogP contribution in [0.5, 0.6) is 0 Å². The number of hydrogen-bond donors (Lipinski definition) is 0. The van der Waals surface area contributed by atoms with Crippen LogP contribution in [-0.2, 0) is 22.7 Å². The van der Waals surface area contributed by atoms with Crippen LogP contribution in [-0.4, -0.2) is 44.4 Å². The fourth-order valence-electron chi connectivity index (χ4n) is 2.21. The van der Waals surface area contributed by atoms with Crippen molar-refractivity contribution in [1.29, 1.82) is 0 Å². The van der Waals surface area contributed by atoms with Crippen LogP contribution in [0.2, 0.25) is 5.02 Å². The van der Waals surface area contributed by atoms with Gasteiger partial charge >= 0.3 is 0 Å². The Kier molecular flexibility index (Phi) is 9.68. The van der Waals surface area contributed by atoms with Gasteiger partial charge in [0.15, 0.2) is 9.67 Å². The Morgan fingerprint density at radius 3 is 1.80 bits per heavy atom. The Morgan fingerprint density at radius 1 is 0.920 bits per heavy atom. The second-order valence-corrected chi connectivity index (χ2v) is 7.83. The van der Waals surface area contributed by atoms with Crippen molar-refractivity contribution < 1.29 is 9.59 Å². The first-order valence-electron chi connectivity index (χ1n) is 7.62. The third-order valence-corrected chi connectivity index (χ3v) is 4.71. The van der Waals surface area contributed by atoms with E-state index >= 15 is 0 Å². The first kappa shape index (κ1) is 22.7. The van der Waals surface area contributed by atoms with Crippen LogP contribution < -0.4 is 0 Å². The van der Waals surface area contributed by atoms with E-state index in [2.05, 4.69) is 0 Å². The molecular formula is C16H19Cl5N2O2. The van der Waals surface area contributed by atoms with Gasteiger partial charge in [0.05, 0.1) is 0 Å². The molecule has 0 spiro atoms. The molecule has 0 aromatic heterocycles. The molecule has 140 valence electrons. The summed E-state index contributed by atoms with van der Waals surface area (Å²) >= 11 is 28.9. The summed E-state index contributed by atoms with van der Waals surface area (Å²) in [7, 11) is 0. The van der Waals surface area contributed by atoms with Crippen LogP contribution >= 0.6 is 58.0 Å². The van der Waals surface area contributed by atoms with Gasteiger partial charge in [0.1, 0.15) is 0 Å². The Bertz CT molecular complexity index is 610. The highest BCUT2D eigenvalue weighted by Gasteiger charge is 2.21. The largest absolute Gasteiger partial charge is 0.336 e. The highest BCUT2D eigenvalue weighted by Crippen LogP contribution is 2.22. The van der Waals surface area contributed by atoms with Gasteiger partial charge < -0.3 is 9.80 Å². The van der Waals surface area contributed by atoms with Crippen molar-refractivity contribution in [2.45, 2.75) is 36.6 Å². The summed E-state index contributed by atoms with van der Waals surface area (Å²) in [5, 5.41) is 0.487. The molecule has 0 atom stereocenters. The predicted molar refractivity (Wildman–Crippen MR) is 105 cm³/mol. The molecule has 1 rings (SSSR count). The monoisotopic (exact) mass is 446 g/mol. The average molecular weight is 449 g/mol. The first-order valence-corrected chi connectivity index (χ1v) is 9.74. The molecule has 1 aromatic carbocycles. The summed E-state index contributed by atoms with van der Waals surface area (Å²) in [6, 6.07) is 5.40. The van der Waals surface area contributed by atoms with Crippen molar-refractivity contribution in [3.63, 3.8) is 0 Å². The van der Waals surface area contributed by atoms with Crippen molar-refractivity contribution in [1.82, 2.24) is 9.80 Å². The summed E-state index contributed by atoms with van der Waals surface area (Å²) in [6.45, 7) is 5.23. The third-order valence-electron chi connectivity index (χ3n) is 3.61. The van der Waals surface area contributed by atoms with E-state index in [0.29, 0.717) is 31.2 Å². The minimum absolute atomic E-state index is 0.298. The van der Waals surface area contributed by atoms with Crippen LogP contribution in [0.1, 0.15) is 25.0 Å². The molecule has 1 aromatic rings. The maximum Gasteiger partial charge on any atom is 0.256 e. The molecular weight excluding hydrogens is 429 g/mol. The van der Waals surface area contributed by atoms with Crippen LogP contribution in [0.15, 0.2) is 18.2 Å². The smallest absolute Gasteiger partial charge is 0.256 e. The third kappa shape index (κ3) is 6.69. The number of amides is 2. The van der Waals surface area contributed by atoms with Gasteiger partial charge in [-0.1, -0.05) is 70.1 Å². The fraction of sp³-hybridized carbons (Fsp3) is 0.500. The van der Waals surface area contributed by atoms with Gasteiger partial charge in [-0.2, -0.15) is 0 Å². The van der Waals surface area contributed by atoms with Gasteiger partial charge in [0, 0.05) is 31.2 Å². The SMILES string of the molecule is CCN(Cc1ccc(CN(CC)C(=O)C(Cl)Cl)c(Cl)c1)C(=O)C(Cl)Cl. The summed E-state index contributed by atoms with van der Waals surface area (Å²) in [4.78, 5) is 24.7. The fourth-order valence-corrected chi connectivity index (χ4v) is 3.03. The minimum atomic E-state index is -1.11. The van der Waals surface area contributed by atoms with Gasteiger partial charge in [-0.3, -0.25) is 9.59 Å². The lowest BCUT2D eigenvalue weighted by Crippen LogP contribution is -2.34. The lowest BCUT2D eigenvalue weighted by molar-refractivity contribution is -0.130. The van der Waals surface area contributed by atoms with E-state index in [0.717, 1.165) is 11.1 Å². The maximum absolute atomic E-state index is 11.9. The Balaban J connectivity index is 2.89. The molecule has 0 aliphatic carbocycles. The number of benzene rings is 1. The summed E-state index contributed by atoms with van der Waals surface area (Å²) in [5.74, 6) is -0.729. The van der Waals surface area contributed by atoms with E-state index in [9.17, 15) is 9.59 Å². The highest BCUT2D eigenvalue weighted by atomic mass is 35.5. The number of carbonyl (C=O) groups excluding carboxylic acids is 2. The molecule has 9 heteroatoms. The molecule has 0 unspecified atom stereocenters. The Morgan fingerprint density at radius 2 is 1.40 bits per heavy atom. The number of rotatable bonds is 8. The minimum Gasteiger partial charge on any atom is -0.336 e. The first-order chi connectivity index (χ1) is 11.7. The molecule has 0 heterocycles. The van der Waals surface area contributed by atoms with Crippen molar-refractivity contribution in [2.75, 3.05) is 13.1 Å². The molecule has 25 heavy (non-hydrogen) atoms. The number of alkyl halides is 4. The average Bonchev–Trinajstić information content (AvgIpc) is 2.57. The molecule has 0 saturated heterocycles. The number of hydrogen-bond acceptors (Lipinski definition) is 2. The van der Waals surface area contributed by atoms with Crippen molar-refractivity contribution in [2.24, 2.45) is 0 Å². The second-order valence-electron chi connectivity index (χ2n) is 5.23. The molecule has 0 saturated carbocycles. The summed E-state index contributed by atoms with van der Waals surface area (Å²) in [5.41, 5.74) is 1.59. The lowest BCUT2D eigenvalue weighted by atomic mass is 10.1. The molecule has 0 radical (unpaired) electrons. The van der Waals surface area contributed by atoms with Crippen molar-refractivity contribution >= 4 is 69.8 Å². The van der Waals surface area contributed by atoms with E-state index in [1.54, 1.807) is 6.07 Å². The van der Waals surface area contributed by atoms with Gasteiger partial charge in [-0.15, -0.1) is 0 Å². The quantitative estimate of drug-likeness (QED) is 0.544. The number of carbonyl (C=O) groups is 2. The molecule has 0 fully saturated rings. The molecule has 2 amide bonds. The molecule has 0 aliphatic heterocycles. The van der Waals surface area contributed by atoms with Gasteiger partial charge in [0.25, 0.3) is 11.8 Å². The van der Waals surface area contributed by atoms with E-state index in [4.69, 9.17) is 58.0 Å². The molecule has 0 bridgehead atoms. The Labute approximate surface area is 172 Å². The van der Waals surface area contributed by atoms with E-state index in [1.165, 1.54) is 9.80 Å². The van der Waals surface area contributed by atoms with Gasteiger partial charge in [0.2, 0.25) is 0 Å². The second kappa shape index (κ2) is 10.7. The highest BCUT2D eigenvalue weighted by molar-refractivity contribution is 6.53. The van der Waals surface area contributed by atoms with Crippen molar-refractivity contribution in [3.8, 4) is 0 Å². The lowest BCUT2D eigenvalue weighted by Gasteiger charge is -2.23. The van der Waals surface area contributed by atoms with Gasteiger partial charge in [-0.05, 0) is 31.0 Å². The van der Waals surface area contributed by atoms with E-state index in [-0.39, 0.29) is 11.8 Å². The van der Waals surface area contributed by atoms with E-state index < -0.39 is 9.67 Å². The van der Waals surface area contributed by atoms with Crippen LogP contribution in [0.3, 0.4) is 0 Å². The number of halogens is 5. The molecule has 0 N–H and O–H groups in total.